The predicted molar refractivity (Wildman–Crippen MR) is 122 cm³/mol. The fraction of sp³-hybridized carbons (Fsp3) is 0.333. The number of aryl methyl sites for hydroxylation is 2. The van der Waals surface area contributed by atoms with Crippen molar-refractivity contribution in [2.24, 2.45) is 7.05 Å². The van der Waals surface area contributed by atoms with Crippen LogP contribution in [0.3, 0.4) is 0 Å². The van der Waals surface area contributed by atoms with E-state index in [4.69, 9.17) is 0 Å². The van der Waals surface area contributed by atoms with Gasteiger partial charge in [-0.25, -0.2) is 9.78 Å². The van der Waals surface area contributed by atoms with Crippen molar-refractivity contribution >= 4 is 28.0 Å². The van der Waals surface area contributed by atoms with Crippen LogP contribution in [0.2, 0.25) is 0 Å². The number of pyridine rings is 1. The second-order valence-electron chi connectivity index (χ2n) is 8.16. The third kappa shape index (κ3) is 3.56. The molecule has 8 nitrogen and oxygen atoms in total. The minimum absolute atomic E-state index is 0.182. The van der Waals surface area contributed by atoms with Crippen LogP contribution >= 0.6 is 0 Å². The van der Waals surface area contributed by atoms with E-state index in [2.05, 4.69) is 4.98 Å². The van der Waals surface area contributed by atoms with Crippen LogP contribution in [-0.4, -0.2) is 29.8 Å². The molecule has 0 saturated carbocycles. The van der Waals surface area contributed by atoms with Gasteiger partial charge in [0.15, 0.2) is 5.65 Å². The second kappa shape index (κ2) is 8.35. The van der Waals surface area contributed by atoms with E-state index in [1.807, 2.05) is 55.9 Å². The molecular weight excluding hydrogens is 406 g/mol. The Morgan fingerprint density at radius 2 is 2.03 bits per heavy atom. The van der Waals surface area contributed by atoms with E-state index in [0.717, 1.165) is 28.5 Å². The van der Waals surface area contributed by atoms with Crippen molar-refractivity contribution < 1.29 is 9.90 Å². The number of carbonyl (C=O) groups is 1. The molecule has 0 bridgehead atoms. The normalized spacial score (nSPS) is 12.3. The van der Waals surface area contributed by atoms with Crippen LogP contribution in [0.4, 0.5) is 0 Å². The Hall–Kier alpha value is -3.86. The smallest absolute Gasteiger partial charge is 0.330 e. The lowest BCUT2D eigenvalue weighted by molar-refractivity contribution is -0.137. The first-order chi connectivity index (χ1) is 15.3. The number of carboxylic acid groups (broad SMARTS) is 1. The maximum atomic E-state index is 13.6. The minimum atomic E-state index is -0.975. The molecule has 0 radical (unpaired) electrons. The van der Waals surface area contributed by atoms with Crippen LogP contribution in [0.5, 0.6) is 0 Å². The number of aliphatic carboxylic acids is 1. The van der Waals surface area contributed by atoms with Crippen LogP contribution in [0.1, 0.15) is 49.0 Å². The second-order valence-corrected chi connectivity index (χ2v) is 8.16. The fourth-order valence-corrected chi connectivity index (χ4v) is 4.58. The molecule has 1 unspecified atom stereocenters. The quantitative estimate of drug-likeness (QED) is 0.480. The number of fused-ring (bicyclic) bond motifs is 2. The highest BCUT2D eigenvalue weighted by Gasteiger charge is 2.24. The largest absolute Gasteiger partial charge is 0.481 e. The SMILES string of the molecule is CCCC(CC(=O)O)n1c(=O)n(Cc2cn(C)c3cccc(C)c23)c2ccc(C#N)nc21. The molecule has 0 aliphatic carbocycles. The number of imidazole rings is 1. The third-order valence-electron chi connectivity index (χ3n) is 5.95. The van der Waals surface area contributed by atoms with Crippen molar-refractivity contribution in [3.63, 3.8) is 0 Å². The van der Waals surface area contributed by atoms with Crippen LogP contribution in [0, 0.1) is 18.3 Å². The molecule has 8 heteroatoms. The summed E-state index contributed by atoms with van der Waals surface area (Å²) in [6.45, 7) is 4.32. The Morgan fingerprint density at radius 1 is 1.25 bits per heavy atom. The number of aromatic nitrogens is 4. The van der Waals surface area contributed by atoms with Gasteiger partial charge in [-0.2, -0.15) is 5.26 Å². The van der Waals surface area contributed by atoms with Gasteiger partial charge in [0.2, 0.25) is 0 Å². The zero-order valence-corrected chi connectivity index (χ0v) is 18.4. The number of nitrogens with zero attached hydrogens (tertiary/aromatic N) is 5. The van der Waals surface area contributed by atoms with Crippen LogP contribution in [0.25, 0.3) is 22.1 Å². The summed E-state index contributed by atoms with van der Waals surface area (Å²) in [5, 5.41) is 19.9. The van der Waals surface area contributed by atoms with Crippen molar-refractivity contribution in [2.45, 2.75) is 45.7 Å². The van der Waals surface area contributed by atoms with Crippen LogP contribution in [0.15, 0.2) is 41.3 Å². The van der Waals surface area contributed by atoms with E-state index in [-0.39, 0.29) is 17.8 Å². The zero-order chi connectivity index (χ0) is 23.0. The van der Waals surface area contributed by atoms with Crippen molar-refractivity contribution in [3.8, 4) is 6.07 Å². The predicted octanol–water partition coefficient (Wildman–Crippen LogP) is 3.73. The van der Waals surface area contributed by atoms with E-state index in [0.29, 0.717) is 24.1 Å². The molecule has 1 N–H and O–H groups in total. The average Bonchev–Trinajstić information content (AvgIpc) is 3.22. The fourth-order valence-electron chi connectivity index (χ4n) is 4.58. The Kier molecular flexibility index (Phi) is 5.57. The molecule has 1 aromatic carbocycles. The maximum absolute atomic E-state index is 13.6. The summed E-state index contributed by atoms with van der Waals surface area (Å²) in [6, 6.07) is 10.9. The van der Waals surface area contributed by atoms with Crippen molar-refractivity contribution in [3.05, 3.63) is 63.8 Å². The van der Waals surface area contributed by atoms with Crippen molar-refractivity contribution in [2.75, 3.05) is 0 Å². The van der Waals surface area contributed by atoms with Gasteiger partial charge in [0.25, 0.3) is 0 Å². The average molecular weight is 431 g/mol. The molecule has 4 aromatic rings. The topological polar surface area (TPSA) is 106 Å². The molecule has 164 valence electrons. The lowest BCUT2D eigenvalue weighted by Crippen LogP contribution is -2.29. The van der Waals surface area contributed by atoms with Gasteiger partial charge in [-0.1, -0.05) is 25.5 Å². The number of benzene rings is 1. The summed E-state index contributed by atoms with van der Waals surface area (Å²) in [5.41, 5.74) is 4.02. The summed E-state index contributed by atoms with van der Waals surface area (Å²) < 4.78 is 5.14. The van der Waals surface area contributed by atoms with Gasteiger partial charge in [0.1, 0.15) is 11.8 Å². The van der Waals surface area contributed by atoms with E-state index >= 15 is 0 Å². The lowest BCUT2D eigenvalue weighted by Gasteiger charge is -2.15. The van der Waals surface area contributed by atoms with Gasteiger partial charge >= 0.3 is 11.7 Å². The summed E-state index contributed by atoms with van der Waals surface area (Å²) in [4.78, 5) is 29.5. The Morgan fingerprint density at radius 3 is 2.72 bits per heavy atom. The van der Waals surface area contributed by atoms with E-state index in [1.54, 1.807) is 16.7 Å². The monoisotopic (exact) mass is 431 g/mol. The third-order valence-corrected chi connectivity index (χ3v) is 5.95. The van der Waals surface area contributed by atoms with Gasteiger partial charge in [0.05, 0.1) is 24.5 Å². The Balaban J connectivity index is 1.95. The van der Waals surface area contributed by atoms with Crippen LogP contribution < -0.4 is 5.69 Å². The number of rotatable bonds is 7. The molecule has 4 rings (SSSR count). The van der Waals surface area contributed by atoms with E-state index in [9.17, 15) is 20.0 Å². The standard InChI is InChI=1S/C24H25N5O3/c1-4-6-18(11-21(30)31)29-23-20(10-9-17(12-25)26-23)28(24(29)32)14-16-13-27(3)19-8-5-7-15(2)22(16)19/h5,7-10,13,18H,4,6,11,14H2,1-3H3,(H,30,31). The molecule has 0 saturated heterocycles. The first-order valence-electron chi connectivity index (χ1n) is 10.6. The molecule has 1 atom stereocenters. The maximum Gasteiger partial charge on any atom is 0.330 e. The number of carboxylic acids is 1. The van der Waals surface area contributed by atoms with Crippen LogP contribution in [-0.2, 0) is 18.4 Å². The summed E-state index contributed by atoms with van der Waals surface area (Å²) >= 11 is 0. The molecule has 3 aromatic heterocycles. The first kappa shape index (κ1) is 21.4. The lowest BCUT2D eigenvalue weighted by atomic mass is 10.1. The summed E-state index contributed by atoms with van der Waals surface area (Å²) in [5.74, 6) is -0.975. The van der Waals surface area contributed by atoms with Gasteiger partial charge < -0.3 is 9.67 Å². The number of hydrogen-bond acceptors (Lipinski definition) is 4. The number of nitriles is 1. The Labute approximate surface area is 184 Å². The first-order valence-corrected chi connectivity index (χ1v) is 10.6. The molecule has 0 amide bonds. The zero-order valence-electron chi connectivity index (χ0n) is 18.4. The highest BCUT2D eigenvalue weighted by molar-refractivity contribution is 5.87. The van der Waals surface area contributed by atoms with Gasteiger partial charge in [0, 0.05) is 24.1 Å². The molecule has 0 aliphatic heterocycles. The van der Waals surface area contributed by atoms with Crippen molar-refractivity contribution in [1.29, 1.82) is 5.26 Å². The molecule has 0 aliphatic rings. The Bertz CT molecular complexity index is 1430. The van der Waals surface area contributed by atoms with Gasteiger partial charge in [-0.05, 0) is 42.7 Å². The van der Waals surface area contributed by atoms with E-state index < -0.39 is 12.0 Å². The van der Waals surface area contributed by atoms with Gasteiger partial charge in [-0.15, -0.1) is 0 Å². The van der Waals surface area contributed by atoms with E-state index in [1.165, 1.54) is 4.57 Å². The minimum Gasteiger partial charge on any atom is -0.481 e. The summed E-state index contributed by atoms with van der Waals surface area (Å²) in [7, 11) is 1.97. The van der Waals surface area contributed by atoms with Crippen molar-refractivity contribution in [1.82, 2.24) is 18.7 Å². The highest BCUT2D eigenvalue weighted by Crippen LogP contribution is 2.27. The molecular formula is C24H25N5O3. The molecule has 0 spiro atoms. The molecule has 0 fully saturated rings. The highest BCUT2D eigenvalue weighted by atomic mass is 16.4. The molecule has 3 heterocycles. The number of hydrogen-bond donors (Lipinski definition) is 1. The summed E-state index contributed by atoms with van der Waals surface area (Å²) in [6.07, 6.45) is 3.08. The molecule has 32 heavy (non-hydrogen) atoms. The van der Waals surface area contributed by atoms with Gasteiger partial charge in [-0.3, -0.25) is 13.9 Å².